The van der Waals surface area contributed by atoms with Crippen LogP contribution in [0.15, 0.2) is 54.6 Å². The molecule has 0 unspecified atom stereocenters. The monoisotopic (exact) mass is 202 g/mol. The van der Waals surface area contributed by atoms with Gasteiger partial charge in [-0.1, -0.05) is 56.4 Å². The van der Waals surface area contributed by atoms with E-state index in [9.17, 15) is 0 Å². The fraction of sp³-hybridized carbons (Fsp3) is 0.286. The van der Waals surface area contributed by atoms with E-state index in [1.54, 1.807) is 24.3 Å². The lowest BCUT2D eigenvalue weighted by Gasteiger charge is -2.19. The van der Waals surface area contributed by atoms with Crippen LogP contribution in [0.1, 0.15) is 20.3 Å². The van der Waals surface area contributed by atoms with Gasteiger partial charge in [-0.3, -0.25) is 0 Å². The molecule has 0 saturated heterocycles. The summed E-state index contributed by atoms with van der Waals surface area (Å²) < 4.78 is 0. The van der Waals surface area contributed by atoms with E-state index in [1.807, 2.05) is 6.07 Å². The van der Waals surface area contributed by atoms with Gasteiger partial charge in [0.25, 0.3) is 0 Å². The highest BCUT2D eigenvalue weighted by Gasteiger charge is 2.11. The summed E-state index contributed by atoms with van der Waals surface area (Å²) in [5, 5.41) is 8.63. The molecule has 0 amide bonds. The second-order valence-electron chi connectivity index (χ2n) is 4.32. The summed E-state index contributed by atoms with van der Waals surface area (Å²) in [6, 6.07) is 8.71. The van der Waals surface area contributed by atoms with Crippen LogP contribution >= 0.6 is 0 Å². The van der Waals surface area contributed by atoms with Gasteiger partial charge in [-0.05, 0) is 24.0 Å². The van der Waals surface area contributed by atoms with Gasteiger partial charge in [0.1, 0.15) is 5.75 Å². The van der Waals surface area contributed by atoms with Crippen molar-refractivity contribution < 1.29 is 5.11 Å². The van der Waals surface area contributed by atoms with Gasteiger partial charge in [-0.15, -0.1) is 0 Å². The summed E-state index contributed by atoms with van der Waals surface area (Å²) in [5.41, 5.74) is 0.411. The Balaban J connectivity index is 0.000000151. The predicted octanol–water partition coefficient (Wildman–Crippen LogP) is 3.92. The standard InChI is InChI=1S/C8H12.C6H6O/c1-8(2)6-4-3-5-7-8;7-6-4-2-1-3-5-6/h3-6H,7H2,1-2H3;1-5,7H. The van der Waals surface area contributed by atoms with Gasteiger partial charge in [0, 0.05) is 0 Å². The lowest BCUT2D eigenvalue weighted by atomic mass is 9.86. The van der Waals surface area contributed by atoms with Crippen LogP contribution in [0.5, 0.6) is 5.75 Å². The molecule has 2 rings (SSSR count). The fourth-order valence-corrected chi connectivity index (χ4v) is 1.26. The van der Waals surface area contributed by atoms with Crippen LogP contribution in [0.3, 0.4) is 0 Å². The summed E-state index contributed by atoms with van der Waals surface area (Å²) in [5.74, 6) is 0.322. The van der Waals surface area contributed by atoms with Crippen molar-refractivity contribution >= 4 is 0 Å². The summed E-state index contributed by atoms with van der Waals surface area (Å²) in [7, 11) is 0. The number of hydrogen-bond acceptors (Lipinski definition) is 1. The Hall–Kier alpha value is -1.50. The Kier molecular flexibility index (Phi) is 4.17. The van der Waals surface area contributed by atoms with E-state index >= 15 is 0 Å². The van der Waals surface area contributed by atoms with Crippen LogP contribution in [-0.2, 0) is 0 Å². The fourth-order valence-electron chi connectivity index (χ4n) is 1.26. The van der Waals surface area contributed by atoms with Gasteiger partial charge in [0.2, 0.25) is 0 Å². The lowest BCUT2D eigenvalue weighted by molar-refractivity contribution is 0.475. The summed E-state index contributed by atoms with van der Waals surface area (Å²) >= 11 is 0. The molecule has 0 aliphatic heterocycles. The molecule has 0 fully saturated rings. The molecule has 1 N–H and O–H groups in total. The van der Waals surface area contributed by atoms with Crippen molar-refractivity contribution in [2.24, 2.45) is 5.41 Å². The van der Waals surface area contributed by atoms with Gasteiger partial charge < -0.3 is 5.11 Å². The molecule has 0 spiro atoms. The number of benzene rings is 1. The molecule has 1 aromatic carbocycles. The number of aromatic hydroxyl groups is 1. The maximum Gasteiger partial charge on any atom is 0.115 e. The Morgan fingerprint density at radius 2 is 1.73 bits per heavy atom. The first-order valence-corrected chi connectivity index (χ1v) is 5.18. The van der Waals surface area contributed by atoms with Gasteiger partial charge in [-0.2, -0.15) is 0 Å². The molecule has 1 heteroatoms. The zero-order valence-corrected chi connectivity index (χ0v) is 9.35. The van der Waals surface area contributed by atoms with E-state index in [1.165, 1.54) is 6.42 Å². The number of allylic oxidation sites excluding steroid dienone is 4. The van der Waals surface area contributed by atoms with Crippen molar-refractivity contribution in [2.75, 3.05) is 0 Å². The molecule has 0 radical (unpaired) electrons. The Morgan fingerprint density at radius 1 is 1.07 bits per heavy atom. The van der Waals surface area contributed by atoms with E-state index in [4.69, 9.17) is 5.11 Å². The zero-order chi connectivity index (χ0) is 11.1. The molecule has 1 aliphatic carbocycles. The largest absolute Gasteiger partial charge is 0.508 e. The first kappa shape index (κ1) is 11.6. The summed E-state index contributed by atoms with van der Waals surface area (Å²) in [6.07, 6.45) is 9.85. The van der Waals surface area contributed by atoms with Crippen LogP contribution in [0, 0.1) is 5.41 Å². The van der Waals surface area contributed by atoms with Crippen LogP contribution in [0.2, 0.25) is 0 Å². The number of para-hydroxylation sites is 1. The van der Waals surface area contributed by atoms with Crippen molar-refractivity contribution in [1.82, 2.24) is 0 Å². The highest BCUT2D eigenvalue weighted by molar-refractivity contribution is 5.18. The molecule has 0 heterocycles. The van der Waals surface area contributed by atoms with E-state index in [0.29, 0.717) is 11.2 Å². The third-order valence-corrected chi connectivity index (χ3v) is 2.19. The average Bonchev–Trinajstić information content (AvgIpc) is 2.19. The molecule has 1 nitrogen and oxygen atoms in total. The first-order chi connectivity index (χ1) is 7.10. The van der Waals surface area contributed by atoms with E-state index < -0.39 is 0 Å². The second kappa shape index (κ2) is 5.40. The molecule has 0 bridgehead atoms. The second-order valence-corrected chi connectivity index (χ2v) is 4.32. The third-order valence-electron chi connectivity index (χ3n) is 2.19. The number of phenolic OH excluding ortho intramolecular Hbond substituents is 1. The van der Waals surface area contributed by atoms with Crippen molar-refractivity contribution in [3.8, 4) is 5.75 Å². The minimum Gasteiger partial charge on any atom is -0.508 e. The van der Waals surface area contributed by atoms with Gasteiger partial charge >= 0.3 is 0 Å². The van der Waals surface area contributed by atoms with Crippen LogP contribution in [0.25, 0.3) is 0 Å². The topological polar surface area (TPSA) is 20.2 Å². The van der Waals surface area contributed by atoms with Crippen molar-refractivity contribution in [2.45, 2.75) is 20.3 Å². The van der Waals surface area contributed by atoms with Gasteiger partial charge in [0.05, 0.1) is 0 Å². The Bertz CT molecular complexity index is 334. The normalized spacial score (nSPS) is 16.7. The lowest BCUT2D eigenvalue weighted by Crippen LogP contribution is -2.06. The predicted molar refractivity (Wildman–Crippen MR) is 64.8 cm³/mol. The van der Waals surface area contributed by atoms with Crippen molar-refractivity contribution in [1.29, 1.82) is 0 Å². The molecule has 1 aliphatic rings. The molecule has 80 valence electrons. The van der Waals surface area contributed by atoms with Crippen LogP contribution < -0.4 is 0 Å². The maximum absolute atomic E-state index is 8.63. The Labute approximate surface area is 91.8 Å². The van der Waals surface area contributed by atoms with E-state index in [0.717, 1.165) is 0 Å². The molecule has 0 aromatic heterocycles. The highest BCUT2D eigenvalue weighted by atomic mass is 16.3. The molecule has 0 saturated carbocycles. The zero-order valence-electron chi connectivity index (χ0n) is 9.35. The maximum atomic E-state index is 8.63. The van der Waals surface area contributed by atoms with E-state index in [2.05, 4.69) is 38.2 Å². The molecular formula is C14H18O. The molecule has 1 aromatic rings. The minimum atomic E-state index is 0.322. The van der Waals surface area contributed by atoms with Crippen LogP contribution in [0.4, 0.5) is 0 Å². The Morgan fingerprint density at radius 3 is 2.00 bits per heavy atom. The van der Waals surface area contributed by atoms with Crippen LogP contribution in [-0.4, -0.2) is 5.11 Å². The molecule has 0 atom stereocenters. The quantitative estimate of drug-likeness (QED) is 0.676. The SMILES string of the molecule is CC1(C)C=CC=CC1.Oc1ccccc1. The average molecular weight is 202 g/mol. The summed E-state index contributed by atoms with van der Waals surface area (Å²) in [6.45, 7) is 4.49. The van der Waals surface area contributed by atoms with Crippen molar-refractivity contribution in [3.63, 3.8) is 0 Å². The van der Waals surface area contributed by atoms with E-state index in [-0.39, 0.29) is 0 Å². The number of rotatable bonds is 0. The molecule has 15 heavy (non-hydrogen) atoms. The third kappa shape index (κ3) is 5.06. The van der Waals surface area contributed by atoms with Gasteiger partial charge in [-0.25, -0.2) is 0 Å². The van der Waals surface area contributed by atoms with Gasteiger partial charge in [0.15, 0.2) is 0 Å². The number of hydrogen-bond donors (Lipinski definition) is 1. The first-order valence-electron chi connectivity index (χ1n) is 5.18. The minimum absolute atomic E-state index is 0.322. The summed E-state index contributed by atoms with van der Waals surface area (Å²) in [4.78, 5) is 0. The highest BCUT2D eigenvalue weighted by Crippen LogP contribution is 2.24. The molecular weight excluding hydrogens is 184 g/mol. The number of phenols is 1. The van der Waals surface area contributed by atoms with Crippen molar-refractivity contribution in [3.05, 3.63) is 54.6 Å². The smallest absolute Gasteiger partial charge is 0.115 e.